The van der Waals surface area contributed by atoms with Crippen molar-refractivity contribution >= 4 is 40.1 Å². The van der Waals surface area contributed by atoms with Crippen LogP contribution >= 0.6 is 0 Å². The number of hydrogen-bond donors (Lipinski definition) is 1. The Bertz CT molecular complexity index is 1940. The molecule has 2 atom stereocenters. The molecule has 1 fully saturated rings. The Morgan fingerprint density at radius 1 is 1.07 bits per heavy atom. The van der Waals surface area contributed by atoms with Gasteiger partial charge in [0.05, 0.1) is 18.9 Å². The topological polar surface area (TPSA) is 140 Å². The van der Waals surface area contributed by atoms with Gasteiger partial charge in [0.2, 0.25) is 11.8 Å². The lowest BCUT2D eigenvalue weighted by molar-refractivity contribution is -0.144. The molecule has 16 heteroatoms. The van der Waals surface area contributed by atoms with E-state index in [1.165, 1.54) is 26.1 Å². The number of aromatic nitrogens is 7. The molecule has 0 bridgehead atoms. The number of nitrogens with one attached hydrogen (secondary N) is 1. The molecular formula is C28H23F4N9O3. The summed E-state index contributed by atoms with van der Waals surface area (Å²) in [5, 5.41) is 14.1. The summed E-state index contributed by atoms with van der Waals surface area (Å²) in [6.07, 6.45) is -2.01. The zero-order valence-electron chi connectivity index (χ0n) is 23.2. The first-order chi connectivity index (χ1) is 20.9. The summed E-state index contributed by atoms with van der Waals surface area (Å²) in [6.45, 7) is 2.24. The molecule has 0 spiro atoms. The van der Waals surface area contributed by atoms with Crippen LogP contribution in [0.2, 0.25) is 0 Å². The molecule has 1 aliphatic heterocycles. The van der Waals surface area contributed by atoms with Gasteiger partial charge in [0.1, 0.15) is 24.6 Å². The number of amides is 2. The maximum Gasteiger partial charge on any atom is 0.453 e. The van der Waals surface area contributed by atoms with E-state index in [1.54, 1.807) is 41.2 Å². The lowest BCUT2D eigenvalue weighted by atomic mass is 10.0. The highest BCUT2D eigenvalue weighted by Crippen LogP contribution is 2.30. The average Bonchev–Trinajstić information content (AvgIpc) is 3.68. The lowest BCUT2D eigenvalue weighted by Crippen LogP contribution is -2.44. The minimum absolute atomic E-state index is 0.169. The number of likely N-dealkylation sites (tertiary alicyclic amines) is 1. The molecule has 1 N–H and O–H groups in total. The fourth-order valence-electron chi connectivity index (χ4n) is 5.30. The Morgan fingerprint density at radius 3 is 2.57 bits per heavy atom. The number of ketones is 1. The molecule has 1 aliphatic rings. The number of anilines is 1. The molecule has 0 saturated carbocycles. The molecule has 12 nitrogen and oxygen atoms in total. The molecule has 226 valence electrons. The zero-order valence-corrected chi connectivity index (χ0v) is 23.2. The molecule has 6 rings (SSSR count). The second kappa shape index (κ2) is 10.8. The maximum absolute atomic E-state index is 14.6. The fourth-order valence-corrected chi connectivity index (χ4v) is 5.30. The number of halogens is 4. The monoisotopic (exact) mass is 609 g/mol. The van der Waals surface area contributed by atoms with Crippen molar-refractivity contribution in [1.29, 1.82) is 0 Å². The minimum Gasteiger partial charge on any atom is -0.337 e. The molecular weight excluding hydrogens is 586 g/mol. The van der Waals surface area contributed by atoms with Gasteiger partial charge < -0.3 is 14.8 Å². The van der Waals surface area contributed by atoms with Crippen molar-refractivity contribution in [3.8, 4) is 11.1 Å². The molecule has 1 unspecified atom stereocenters. The maximum atomic E-state index is 14.6. The molecule has 2 amide bonds. The lowest BCUT2D eigenvalue weighted by Gasteiger charge is -2.24. The van der Waals surface area contributed by atoms with E-state index < -0.39 is 36.0 Å². The smallest absolute Gasteiger partial charge is 0.337 e. The second-order valence-corrected chi connectivity index (χ2v) is 10.4. The first kappa shape index (κ1) is 28.8. The van der Waals surface area contributed by atoms with E-state index in [0.717, 1.165) is 20.5 Å². The predicted octanol–water partition coefficient (Wildman–Crippen LogP) is 3.64. The highest BCUT2D eigenvalue weighted by molar-refractivity contribution is 6.08. The normalized spacial score (nSPS) is 17.0. The van der Waals surface area contributed by atoms with E-state index in [1.807, 2.05) is 0 Å². The quantitative estimate of drug-likeness (QED) is 0.227. The summed E-state index contributed by atoms with van der Waals surface area (Å²) < 4.78 is 56.6. The van der Waals surface area contributed by atoms with Gasteiger partial charge in [0.25, 0.3) is 11.6 Å². The highest BCUT2D eigenvalue weighted by atomic mass is 19.4. The van der Waals surface area contributed by atoms with Crippen LogP contribution in [0.3, 0.4) is 0 Å². The number of nitrogens with zero attached hydrogens (tertiary/aromatic N) is 8. The third-order valence-corrected chi connectivity index (χ3v) is 7.30. The van der Waals surface area contributed by atoms with E-state index in [0.29, 0.717) is 16.5 Å². The van der Waals surface area contributed by atoms with Gasteiger partial charge in [-0.25, -0.2) is 9.37 Å². The van der Waals surface area contributed by atoms with Crippen LogP contribution in [-0.4, -0.2) is 75.6 Å². The SMILES string of the molecule is CC(=O)c1cn(CC(=O)N2C[C@H](F)CC2C(=O)Nc2cc(C)nc3nc(C(F)(F)F)nn23)c2ccc(-c3ccnnc3)cc12. The summed E-state index contributed by atoms with van der Waals surface area (Å²) in [6, 6.07) is 7.16. The number of benzene rings is 1. The van der Waals surface area contributed by atoms with Gasteiger partial charge in [-0.1, -0.05) is 6.07 Å². The van der Waals surface area contributed by atoms with Crippen molar-refractivity contribution in [3.63, 3.8) is 0 Å². The molecule has 0 radical (unpaired) electrons. The standard InChI is InChI=1S/C28H23F4N9O3/c1-14-7-23(41-27(35-14)37-26(38-41)28(30,31)32)36-25(44)22-9-18(29)11-40(22)24(43)13-39-12-20(15(2)42)19-8-16(3-4-21(19)39)17-5-6-33-34-10-17/h3-8,10,12,18,22H,9,11,13H2,1-2H3,(H,36,44)/t18-,22?/m1/s1. The summed E-state index contributed by atoms with van der Waals surface area (Å²) in [7, 11) is 0. The van der Waals surface area contributed by atoms with Gasteiger partial charge >= 0.3 is 6.18 Å². The first-order valence-electron chi connectivity index (χ1n) is 13.4. The summed E-state index contributed by atoms with van der Waals surface area (Å²) in [5.41, 5.74) is 2.76. The van der Waals surface area contributed by atoms with E-state index in [9.17, 15) is 31.9 Å². The van der Waals surface area contributed by atoms with E-state index in [2.05, 4.69) is 30.6 Å². The molecule has 4 aromatic heterocycles. The third kappa shape index (κ3) is 5.33. The van der Waals surface area contributed by atoms with Gasteiger partial charge in [0, 0.05) is 46.4 Å². The average molecular weight is 610 g/mol. The number of carbonyl (C=O) groups is 3. The van der Waals surface area contributed by atoms with Crippen molar-refractivity contribution in [2.24, 2.45) is 0 Å². The minimum atomic E-state index is -4.85. The number of rotatable bonds is 6. The molecule has 1 aromatic carbocycles. The Morgan fingerprint density at radius 2 is 1.86 bits per heavy atom. The van der Waals surface area contributed by atoms with Crippen LogP contribution in [0.15, 0.2) is 48.9 Å². The zero-order chi connectivity index (χ0) is 31.3. The van der Waals surface area contributed by atoms with Crippen LogP contribution in [-0.2, 0) is 22.3 Å². The Hall–Kier alpha value is -5.28. The van der Waals surface area contributed by atoms with Crippen LogP contribution in [0, 0.1) is 6.92 Å². The Labute approximate surface area is 245 Å². The van der Waals surface area contributed by atoms with Gasteiger partial charge in [0.15, 0.2) is 5.78 Å². The Balaban J connectivity index is 1.27. The number of fused-ring (bicyclic) bond motifs is 2. The van der Waals surface area contributed by atoms with Crippen LogP contribution in [0.4, 0.5) is 23.4 Å². The summed E-state index contributed by atoms with van der Waals surface area (Å²) >= 11 is 0. The first-order valence-corrected chi connectivity index (χ1v) is 13.4. The van der Waals surface area contributed by atoms with E-state index in [-0.39, 0.29) is 42.6 Å². The molecule has 5 heterocycles. The highest BCUT2D eigenvalue weighted by Gasteiger charge is 2.41. The van der Waals surface area contributed by atoms with Crippen molar-refractivity contribution < 1.29 is 31.9 Å². The third-order valence-electron chi connectivity index (χ3n) is 7.30. The van der Waals surface area contributed by atoms with Crippen molar-refractivity contribution in [2.75, 3.05) is 11.9 Å². The predicted molar refractivity (Wildman–Crippen MR) is 147 cm³/mol. The fraction of sp³-hybridized carbons (Fsp3) is 0.286. The number of carbonyl (C=O) groups excluding carboxylic acids is 3. The largest absolute Gasteiger partial charge is 0.453 e. The number of Topliss-reactive ketones (excluding diaryl/α,β-unsaturated/α-hetero) is 1. The van der Waals surface area contributed by atoms with Crippen molar-refractivity contribution in [1.82, 2.24) is 39.2 Å². The van der Waals surface area contributed by atoms with Crippen LogP contribution in [0.1, 0.15) is 35.2 Å². The number of alkyl halides is 4. The van der Waals surface area contributed by atoms with Crippen LogP contribution < -0.4 is 5.32 Å². The van der Waals surface area contributed by atoms with Crippen molar-refractivity contribution in [2.45, 2.75) is 45.2 Å². The van der Waals surface area contributed by atoms with E-state index in [4.69, 9.17) is 0 Å². The molecule has 44 heavy (non-hydrogen) atoms. The van der Waals surface area contributed by atoms with E-state index >= 15 is 0 Å². The van der Waals surface area contributed by atoms with Crippen LogP contribution in [0.25, 0.3) is 27.8 Å². The van der Waals surface area contributed by atoms with Gasteiger partial charge in [-0.15, -0.1) is 5.10 Å². The summed E-state index contributed by atoms with van der Waals surface area (Å²) in [4.78, 5) is 47.7. The van der Waals surface area contributed by atoms with Crippen LogP contribution in [0.5, 0.6) is 0 Å². The summed E-state index contributed by atoms with van der Waals surface area (Å²) in [5.74, 6) is -3.63. The molecule has 5 aromatic rings. The number of hydrogen-bond acceptors (Lipinski definition) is 8. The van der Waals surface area contributed by atoms with Gasteiger partial charge in [-0.2, -0.15) is 32.9 Å². The molecule has 0 aliphatic carbocycles. The Kier molecular flexibility index (Phi) is 7.05. The van der Waals surface area contributed by atoms with Gasteiger partial charge in [-0.3, -0.25) is 14.4 Å². The van der Waals surface area contributed by atoms with Crippen molar-refractivity contribution in [3.05, 3.63) is 66.0 Å². The molecule has 1 saturated heterocycles. The second-order valence-electron chi connectivity index (χ2n) is 10.4. The van der Waals surface area contributed by atoms with Gasteiger partial charge in [-0.05, 0) is 37.6 Å². The number of aryl methyl sites for hydroxylation is 1.